The molecule has 0 radical (unpaired) electrons. The molecular weight excluding hydrogens is 296 g/mol. The Labute approximate surface area is 131 Å². The molecular formula is C16H16N4O3. The Kier molecular flexibility index (Phi) is 3.69. The Hall–Kier alpha value is -2.96. The molecule has 0 aliphatic rings. The Morgan fingerprint density at radius 2 is 1.91 bits per heavy atom. The number of aryl methyl sites for hydroxylation is 3. The zero-order valence-electron chi connectivity index (χ0n) is 13.1. The largest absolute Gasteiger partial charge is 0.335 e. The second kappa shape index (κ2) is 5.68. The van der Waals surface area contributed by atoms with Gasteiger partial charge in [-0.3, -0.25) is 14.2 Å². The Balaban J connectivity index is 1.88. The van der Waals surface area contributed by atoms with E-state index in [2.05, 4.69) is 15.5 Å². The first-order valence-corrected chi connectivity index (χ1v) is 7.15. The van der Waals surface area contributed by atoms with Crippen LogP contribution in [-0.4, -0.2) is 20.6 Å². The molecule has 23 heavy (non-hydrogen) atoms. The average molecular weight is 312 g/mol. The van der Waals surface area contributed by atoms with Crippen LogP contribution in [0.15, 0.2) is 33.6 Å². The molecule has 1 aromatic carbocycles. The van der Waals surface area contributed by atoms with Crippen LogP contribution >= 0.6 is 0 Å². The molecule has 0 aliphatic carbocycles. The van der Waals surface area contributed by atoms with Gasteiger partial charge in [0.1, 0.15) is 17.8 Å². The number of aromatic nitrogens is 3. The van der Waals surface area contributed by atoms with Crippen molar-refractivity contribution < 1.29 is 9.32 Å². The van der Waals surface area contributed by atoms with Crippen molar-refractivity contribution >= 4 is 22.7 Å². The van der Waals surface area contributed by atoms with Crippen molar-refractivity contribution in [1.29, 1.82) is 0 Å². The summed E-state index contributed by atoms with van der Waals surface area (Å²) in [5.41, 5.74) is 2.12. The molecule has 7 heteroatoms. The molecule has 2 aromatic heterocycles. The molecule has 1 amide bonds. The van der Waals surface area contributed by atoms with Crippen LogP contribution in [-0.2, 0) is 11.3 Å². The summed E-state index contributed by atoms with van der Waals surface area (Å²) in [6.07, 6.45) is 0. The van der Waals surface area contributed by atoms with Crippen LogP contribution in [0.3, 0.4) is 0 Å². The van der Waals surface area contributed by atoms with Crippen LogP contribution in [0, 0.1) is 20.8 Å². The lowest BCUT2D eigenvalue weighted by Crippen LogP contribution is -2.30. The number of hydrogen-bond donors (Lipinski definition) is 1. The minimum Gasteiger partial charge on any atom is -0.335 e. The van der Waals surface area contributed by atoms with Crippen LogP contribution in [0.5, 0.6) is 0 Å². The summed E-state index contributed by atoms with van der Waals surface area (Å²) in [7, 11) is 0. The number of nitrogens with zero attached hydrogens (tertiary/aromatic N) is 3. The lowest BCUT2D eigenvalue weighted by molar-refractivity contribution is -0.116. The van der Waals surface area contributed by atoms with Crippen molar-refractivity contribution in [3.63, 3.8) is 0 Å². The van der Waals surface area contributed by atoms with Gasteiger partial charge in [-0.1, -0.05) is 22.9 Å². The number of hydrogen-bond acceptors (Lipinski definition) is 5. The standard InChI is InChI=1S/C16H16N4O3/c1-9-4-6-12(7-5-9)18-13(21)8-20-11(3)17-15-14(16(20)22)10(2)19-23-15/h4-7H,8H2,1-3H3,(H,18,21). The molecule has 0 atom stereocenters. The van der Waals surface area contributed by atoms with Crippen molar-refractivity contribution in [1.82, 2.24) is 14.7 Å². The Bertz CT molecular complexity index is 938. The van der Waals surface area contributed by atoms with Crippen molar-refractivity contribution in [2.45, 2.75) is 27.3 Å². The van der Waals surface area contributed by atoms with Gasteiger partial charge in [-0.05, 0) is 32.9 Å². The Morgan fingerprint density at radius 1 is 1.22 bits per heavy atom. The highest BCUT2D eigenvalue weighted by atomic mass is 16.5. The molecule has 0 saturated carbocycles. The average Bonchev–Trinajstić information content (AvgIpc) is 2.87. The minimum absolute atomic E-state index is 0.119. The third-order valence-corrected chi connectivity index (χ3v) is 3.59. The van der Waals surface area contributed by atoms with Gasteiger partial charge in [0.25, 0.3) is 11.3 Å². The lowest BCUT2D eigenvalue weighted by atomic mass is 10.2. The number of anilines is 1. The van der Waals surface area contributed by atoms with Gasteiger partial charge in [0.2, 0.25) is 5.91 Å². The van der Waals surface area contributed by atoms with Gasteiger partial charge in [-0.15, -0.1) is 0 Å². The first kappa shape index (κ1) is 15.0. The molecule has 118 valence electrons. The van der Waals surface area contributed by atoms with Crippen molar-refractivity contribution in [2.75, 3.05) is 5.32 Å². The second-order valence-corrected chi connectivity index (χ2v) is 5.41. The van der Waals surface area contributed by atoms with E-state index < -0.39 is 0 Å². The molecule has 1 N–H and O–H groups in total. The number of benzene rings is 1. The van der Waals surface area contributed by atoms with Gasteiger partial charge >= 0.3 is 0 Å². The maximum absolute atomic E-state index is 12.5. The normalized spacial score (nSPS) is 10.9. The molecule has 2 heterocycles. The molecule has 0 saturated heterocycles. The summed E-state index contributed by atoms with van der Waals surface area (Å²) < 4.78 is 6.32. The number of carbonyl (C=O) groups excluding carboxylic acids is 1. The number of rotatable bonds is 3. The van der Waals surface area contributed by atoms with Crippen LogP contribution in [0.4, 0.5) is 5.69 Å². The van der Waals surface area contributed by atoms with Gasteiger partial charge in [0.05, 0.1) is 5.69 Å². The van der Waals surface area contributed by atoms with E-state index >= 15 is 0 Å². The minimum atomic E-state index is -0.328. The first-order valence-electron chi connectivity index (χ1n) is 7.15. The van der Waals surface area contributed by atoms with Gasteiger partial charge in [0.15, 0.2) is 0 Å². The SMILES string of the molecule is Cc1ccc(NC(=O)Cn2c(C)nc3onc(C)c3c2=O)cc1. The first-order chi connectivity index (χ1) is 11.0. The molecule has 0 unspecified atom stereocenters. The highest BCUT2D eigenvalue weighted by Gasteiger charge is 2.16. The number of carbonyl (C=O) groups is 1. The van der Waals surface area contributed by atoms with E-state index in [0.29, 0.717) is 22.6 Å². The van der Waals surface area contributed by atoms with Crippen LogP contribution in [0.1, 0.15) is 17.1 Å². The van der Waals surface area contributed by atoms with Gasteiger partial charge in [0, 0.05) is 5.69 Å². The monoisotopic (exact) mass is 312 g/mol. The molecule has 0 fully saturated rings. The van der Waals surface area contributed by atoms with Gasteiger partial charge in [-0.2, -0.15) is 4.98 Å². The third-order valence-electron chi connectivity index (χ3n) is 3.59. The van der Waals surface area contributed by atoms with Crippen molar-refractivity contribution in [3.05, 3.63) is 51.7 Å². The summed E-state index contributed by atoms with van der Waals surface area (Å²) in [5.74, 6) is 0.104. The fraction of sp³-hybridized carbons (Fsp3) is 0.250. The van der Waals surface area contributed by atoms with Crippen molar-refractivity contribution in [3.8, 4) is 0 Å². The number of nitrogens with one attached hydrogen (secondary N) is 1. The van der Waals surface area contributed by atoms with Gasteiger partial charge in [-0.25, -0.2) is 0 Å². The van der Waals surface area contributed by atoms with E-state index in [4.69, 9.17) is 4.52 Å². The molecule has 0 aliphatic heterocycles. The van der Waals surface area contributed by atoms with E-state index in [1.807, 2.05) is 31.2 Å². The number of fused-ring (bicyclic) bond motifs is 1. The lowest BCUT2D eigenvalue weighted by Gasteiger charge is -2.10. The molecule has 7 nitrogen and oxygen atoms in total. The molecule has 3 rings (SSSR count). The summed E-state index contributed by atoms with van der Waals surface area (Å²) >= 11 is 0. The fourth-order valence-electron chi connectivity index (χ4n) is 2.34. The highest BCUT2D eigenvalue weighted by molar-refractivity contribution is 5.90. The highest BCUT2D eigenvalue weighted by Crippen LogP contribution is 2.12. The van der Waals surface area contributed by atoms with E-state index in [0.717, 1.165) is 5.56 Å². The van der Waals surface area contributed by atoms with Crippen LogP contribution in [0.2, 0.25) is 0 Å². The van der Waals surface area contributed by atoms with E-state index in [9.17, 15) is 9.59 Å². The van der Waals surface area contributed by atoms with E-state index in [1.54, 1.807) is 13.8 Å². The smallest absolute Gasteiger partial charge is 0.267 e. The van der Waals surface area contributed by atoms with Gasteiger partial charge < -0.3 is 9.84 Å². The summed E-state index contributed by atoms with van der Waals surface area (Å²) in [5, 5.41) is 6.81. The molecule has 0 bridgehead atoms. The molecule has 3 aromatic rings. The zero-order valence-corrected chi connectivity index (χ0v) is 13.1. The van der Waals surface area contributed by atoms with Crippen molar-refractivity contribution in [2.24, 2.45) is 0 Å². The van der Waals surface area contributed by atoms with E-state index in [-0.39, 0.29) is 23.7 Å². The fourth-order valence-corrected chi connectivity index (χ4v) is 2.34. The van der Waals surface area contributed by atoms with Crippen LogP contribution in [0.25, 0.3) is 11.1 Å². The maximum atomic E-state index is 12.5. The van der Waals surface area contributed by atoms with E-state index in [1.165, 1.54) is 4.57 Å². The summed E-state index contributed by atoms with van der Waals surface area (Å²) in [4.78, 5) is 28.9. The Morgan fingerprint density at radius 3 is 2.61 bits per heavy atom. The molecule has 0 spiro atoms. The predicted molar refractivity (Wildman–Crippen MR) is 85.3 cm³/mol. The predicted octanol–water partition coefficient (Wildman–Crippen LogP) is 1.95. The quantitative estimate of drug-likeness (QED) is 0.798. The summed E-state index contributed by atoms with van der Waals surface area (Å²) in [6.45, 7) is 5.17. The summed E-state index contributed by atoms with van der Waals surface area (Å²) in [6, 6.07) is 7.44. The number of amides is 1. The third kappa shape index (κ3) is 2.85. The topological polar surface area (TPSA) is 90.0 Å². The zero-order chi connectivity index (χ0) is 16.6. The second-order valence-electron chi connectivity index (χ2n) is 5.41. The maximum Gasteiger partial charge on any atom is 0.267 e. The van der Waals surface area contributed by atoms with Crippen LogP contribution < -0.4 is 10.9 Å².